The number of likely N-dealkylation sites (tertiary alicyclic amines) is 1. The maximum absolute atomic E-state index is 13.3. The number of piperidine rings is 1. The molecule has 0 aliphatic carbocycles. The van der Waals surface area contributed by atoms with Crippen molar-refractivity contribution < 1.29 is 22.8 Å². The van der Waals surface area contributed by atoms with E-state index in [4.69, 9.17) is 0 Å². The molecule has 2 aromatic carbocycles. The Hall–Kier alpha value is -3.09. The van der Waals surface area contributed by atoms with Gasteiger partial charge in [0.05, 0.1) is 16.8 Å². The van der Waals surface area contributed by atoms with E-state index in [9.17, 15) is 22.8 Å². The Morgan fingerprint density at radius 3 is 2.03 bits per heavy atom. The summed E-state index contributed by atoms with van der Waals surface area (Å²) in [5.74, 6) is -0.465. The van der Waals surface area contributed by atoms with Crippen LogP contribution in [-0.2, 0) is 15.8 Å². The summed E-state index contributed by atoms with van der Waals surface area (Å²) in [5.41, 5.74) is 0.561. The molecule has 1 fully saturated rings. The SMILES string of the molecule is CC1CCN(C2=C(c3ccccc3)C(=O)N(c3ccc(C(F)(F)F)cc3)C2=O)CC1. The first-order valence-corrected chi connectivity index (χ1v) is 9.88. The van der Waals surface area contributed by atoms with Gasteiger partial charge in [-0.1, -0.05) is 37.3 Å². The number of carbonyl (C=O) groups excluding carboxylic acids is 2. The molecule has 0 atom stereocenters. The van der Waals surface area contributed by atoms with Gasteiger partial charge in [-0.3, -0.25) is 9.59 Å². The van der Waals surface area contributed by atoms with Crippen LogP contribution in [0.15, 0.2) is 60.3 Å². The molecular formula is C23H21F3N2O2. The molecule has 0 spiro atoms. The molecule has 2 amide bonds. The van der Waals surface area contributed by atoms with E-state index in [2.05, 4.69) is 6.92 Å². The van der Waals surface area contributed by atoms with Crippen molar-refractivity contribution in [2.45, 2.75) is 25.9 Å². The lowest BCUT2D eigenvalue weighted by Crippen LogP contribution is -2.38. The lowest BCUT2D eigenvalue weighted by atomic mass is 9.97. The van der Waals surface area contributed by atoms with Gasteiger partial charge in [-0.2, -0.15) is 13.2 Å². The Labute approximate surface area is 172 Å². The zero-order valence-electron chi connectivity index (χ0n) is 16.4. The fourth-order valence-electron chi connectivity index (χ4n) is 3.94. The van der Waals surface area contributed by atoms with Crippen LogP contribution in [0, 0.1) is 5.92 Å². The van der Waals surface area contributed by atoms with Crippen molar-refractivity contribution in [1.82, 2.24) is 4.90 Å². The Kier molecular flexibility index (Phi) is 5.13. The standard InChI is InChI=1S/C23H21F3N2O2/c1-15-11-13-27(14-12-15)20-19(16-5-3-2-4-6-16)21(29)28(22(20)30)18-9-7-17(8-10-18)23(24,25)26/h2-10,15H,11-14H2,1H3. The van der Waals surface area contributed by atoms with Crippen molar-refractivity contribution in [1.29, 1.82) is 0 Å². The Balaban J connectivity index is 1.75. The zero-order chi connectivity index (χ0) is 21.5. The molecule has 0 bridgehead atoms. The first-order chi connectivity index (χ1) is 14.3. The summed E-state index contributed by atoms with van der Waals surface area (Å²) in [6.07, 6.45) is -2.67. The van der Waals surface area contributed by atoms with Gasteiger partial charge in [-0.25, -0.2) is 4.90 Å². The largest absolute Gasteiger partial charge is 0.416 e. The monoisotopic (exact) mass is 414 g/mol. The molecule has 4 nitrogen and oxygen atoms in total. The van der Waals surface area contributed by atoms with Crippen molar-refractivity contribution >= 4 is 23.1 Å². The van der Waals surface area contributed by atoms with E-state index in [1.165, 1.54) is 12.1 Å². The Morgan fingerprint density at radius 1 is 0.867 bits per heavy atom. The second kappa shape index (κ2) is 7.63. The second-order valence-electron chi connectivity index (χ2n) is 7.75. The minimum Gasteiger partial charge on any atom is -0.366 e. The average molecular weight is 414 g/mol. The smallest absolute Gasteiger partial charge is 0.366 e. The summed E-state index contributed by atoms with van der Waals surface area (Å²) >= 11 is 0. The summed E-state index contributed by atoms with van der Waals surface area (Å²) in [6, 6.07) is 13.0. The van der Waals surface area contributed by atoms with Gasteiger partial charge in [-0.05, 0) is 48.6 Å². The zero-order valence-corrected chi connectivity index (χ0v) is 16.4. The van der Waals surface area contributed by atoms with Crippen molar-refractivity contribution in [2.75, 3.05) is 18.0 Å². The number of amides is 2. The highest BCUT2D eigenvalue weighted by Crippen LogP contribution is 2.37. The lowest BCUT2D eigenvalue weighted by molar-refractivity contribution is -0.137. The van der Waals surface area contributed by atoms with E-state index in [1.807, 2.05) is 11.0 Å². The maximum Gasteiger partial charge on any atom is 0.416 e. The fraction of sp³-hybridized carbons (Fsp3) is 0.304. The molecule has 30 heavy (non-hydrogen) atoms. The predicted octanol–water partition coefficient (Wildman–Crippen LogP) is 4.72. The molecule has 0 N–H and O–H groups in total. The summed E-state index contributed by atoms with van der Waals surface area (Å²) < 4.78 is 38.7. The van der Waals surface area contributed by atoms with Crippen molar-refractivity contribution in [2.24, 2.45) is 5.92 Å². The number of carbonyl (C=O) groups is 2. The number of alkyl halides is 3. The van der Waals surface area contributed by atoms with Crippen LogP contribution >= 0.6 is 0 Å². The highest BCUT2D eigenvalue weighted by Gasteiger charge is 2.43. The molecule has 7 heteroatoms. The van der Waals surface area contributed by atoms with Crippen LogP contribution in [0.4, 0.5) is 18.9 Å². The van der Waals surface area contributed by atoms with Gasteiger partial charge >= 0.3 is 6.18 Å². The lowest BCUT2D eigenvalue weighted by Gasteiger charge is -2.32. The molecule has 2 heterocycles. The Bertz CT molecular complexity index is 989. The quantitative estimate of drug-likeness (QED) is 0.683. The average Bonchev–Trinajstić information content (AvgIpc) is 2.99. The van der Waals surface area contributed by atoms with E-state index >= 15 is 0 Å². The predicted molar refractivity (Wildman–Crippen MR) is 107 cm³/mol. The molecule has 2 aliphatic heterocycles. The number of nitrogens with zero attached hydrogens (tertiary/aromatic N) is 2. The highest BCUT2D eigenvalue weighted by atomic mass is 19.4. The maximum atomic E-state index is 13.3. The van der Waals surface area contributed by atoms with Gasteiger partial charge in [-0.15, -0.1) is 0 Å². The molecule has 0 saturated carbocycles. The molecular weight excluding hydrogens is 393 g/mol. The summed E-state index contributed by atoms with van der Waals surface area (Å²) in [5, 5.41) is 0. The fourth-order valence-corrected chi connectivity index (χ4v) is 3.94. The molecule has 0 unspecified atom stereocenters. The summed E-state index contributed by atoms with van der Waals surface area (Å²) in [6.45, 7) is 3.47. The van der Waals surface area contributed by atoms with Gasteiger partial charge in [0.1, 0.15) is 5.70 Å². The summed E-state index contributed by atoms with van der Waals surface area (Å²) in [4.78, 5) is 29.6. The van der Waals surface area contributed by atoms with Gasteiger partial charge in [0.25, 0.3) is 11.8 Å². The van der Waals surface area contributed by atoms with Crippen LogP contribution in [0.2, 0.25) is 0 Å². The number of halogens is 3. The van der Waals surface area contributed by atoms with Gasteiger partial charge < -0.3 is 4.90 Å². The molecule has 156 valence electrons. The second-order valence-corrected chi connectivity index (χ2v) is 7.75. The number of rotatable bonds is 3. The molecule has 1 saturated heterocycles. The number of hydrogen-bond acceptors (Lipinski definition) is 3. The minimum atomic E-state index is -4.49. The normalized spacial score (nSPS) is 18.5. The van der Waals surface area contributed by atoms with E-state index in [1.54, 1.807) is 24.3 Å². The first kappa shape index (κ1) is 20.2. The van der Waals surface area contributed by atoms with E-state index in [0.717, 1.165) is 29.9 Å². The van der Waals surface area contributed by atoms with Gasteiger partial charge in [0.15, 0.2) is 0 Å². The minimum absolute atomic E-state index is 0.131. The van der Waals surface area contributed by atoms with Gasteiger partial charge in [0, 0.05) is 13.1 Å². The molecule has 2 aromatic rings. The third-order valence-electron chi connectivity index (χ3n) is 5.67. The van der Waals surface area contributed by atoms with E-state index in [0.29, 0.717) is 35.8 Å². The van der Waals surface area contributed by atoms with Crippen LogP contribution in [0.5, 0.6) is 0 Å². The van der Waals surface area contributed by atoms with Crippen LogP contribution in [-0.4, -0.2) is 29.8 Å². The van der Waals surface area contributed by atoms with Crippen molar-refractivity contribution in [3.63, 3.8) is 0 Å². The number of imide groups is 1. The third-order valence-corrected chi connectivity index (χ3v) is 5.67. The van der Waals surface area contributed by atoms with Crippen LogP contribution in [0.25, 0.3) is 5.57 Å². The summed E-state index contributed by atoms with van der Waals surface area (Å²) in [7, 11) is 0. The molecule has 0 radical (unpaired) electrons. The molecule has 2 aliphatic rings. The van der Waals surface area contributed by atoms with Crippen LogP contribution in [0.3, 0.4) is 0 Å². The van der Waals surface area contributed by atoms with Crippen molar-refractivity contribution in [3.8, 4) is 0 Å². The van der Waals surface area contributed by atoms with E-state index in [-0.39, 0.29) is 5.69 Å². The first-order valence-electron chi connectivity index (χ1n) is 9.88. The Morgan fingerprint density at radius 2 is 1.47 bits per heavy atom. The molecule has 0 aromatic heterocycles. The number of hydrogen-bond donors (Lipinski definition) is 0. The van der Waals surface area contributed by atoms with Gasteiger partial charge in [0.2, 0.25) is 0 Å². The number of anilines is 1. The molecule has 4 rings (SSSR count). The highest BCUT2D eigenvalue weighted by molar-refractivity contribution is 6.45. The topological polar surface area (TPSA) is 40.6 Å². The van der Waals surface area contributed by atoms with Crippen molar-refractivity contribution in [3.05, 3.63) is 71.4 Å². The number of benzene rings is 2. The van der Waals surface area contributed by atoms with Crippen LogP contribution < -0.4 is 4.90 Å². The third kappa shape index (κ3) is 3.60. The van der Waals surface area contributed by atoms with Crippen LogP contribution in [0.1, 0.15) is 30.9 Å². The van der Waals surface area contributed by atoms with E-state index < -0.39 is 23.6 Å².